The van der Waals surface area contributed by atoms with Gasteiger partial charge in [0.05, 0.1) is 22.5 Å². The van der Waals surface area contributed by atoms with Crippen LogP contribution in [0.25, 0.3) is 0 Å². The standard InChI is InChI=1S/C12H10ClN3O/c1-8-5-11(13)10(7-15-8)12(17)16-9-3-2-4-14-6-9/h2-7H,1H3,(H,16,17). The normalized spacial score (nSPS) is 10.0. The van der Waals surface area contributed by atoms with Crippen molar-refractivity contribution in [2.24, 2.45) is 0 Å². The number of halogens is 1. The van der Waals surface area contributed by atoms with Gasteiger partial charge < -0.3 is 5.32 Å². The maximum Gasteiger partial charge on any atom is 0.258 e. The SMILES string of the molecule is Cc1cc(Cl)c(C(=O)Nc2cccnc2)cn1. The van der Waals surface area contributed by atoms with E-state index in [-0.39, 0.29) is 5.91 Å². The fraction of sp³-hybridized carbons (Fsp3) is 0.0833. The summed E-state index contributed by atoms with van der Waals surface area (Å²) in [7, 11) is 0. The molecule has 0 radical (unpaired) electrons. The lowest BCUT2D eigenvalue weighted by atomic mass is 10.2. The van der Waals surface area contributed by atoms with Crippen LogP contribution in [0, 0.1) is 6.92 Å². The minimum absolute atomic E-state index is 0.296. The monoisotopic (exact) mass is 247 g/mol. The van der Waals surface area contributed by atoms with E-state index in [0.29, 0.717) is 16.3 Å². The lowest BCUT2D eigenvalue weighted by Gasteiger charge is -2.06. The first-order valence-electron chi connectivity index (χ1n) is 5.00. The fourth-order valence-corrected chi connectivity index (χ4v) is 1.62. The third kappa shape index (κ3) is 2.79. The highest BCUT2D eigenvalue weighted by Crippen LogP contribution is 2.17. The zero-order chi connectivity index (χ0) is 12.3. The van der Waals surface area contributed by atoms with Gasteiger partial charge in [-0.1, -0.05) is 11.6 Å². The van der Waals surface area contributed by atoms with Crippen molar-refractivity contribution in [3.05, 3.63) is 53.1 Å². The van der Waals surface area contributed by atoms with Crippen molar-refractivity contribution in [1.29, 1.82) is 0 Å². The second kappa shape index (κ2) is 4.93. The molecule has 0 spiro atoms. The summed E-state index contributed by atoms with van der Waals surface area (Å²) in [5.41, 5.74) is 1.74. The van der Waals surface area contributed by atoms with Gasteiger partial charge in [-0.05, 0) is 25.1 Å². The average molecular weight is 248 g/mol. The van der Waals surface area contributed by atoms with E-state index in [1.54, 1.807) is 30.6 Å². The molecule has 0 fully saturated rings. The zero-order valence-electron chi connectivity index (χ0n) is 9.14. The molecule has 0 aromatic carbocycles. The molecule has 0 aliphatic heterocycles. The summed E-state index contributed by atoms with van der Waals surface area (Å²) in [5.74, 6) is -0.296. The van der Waals surface area contributed by atoms with Gasteiger partial charge in [0.25, 0.3) is 5.91 Å². The lowest BCUT2D eigenvalue weighted by molar-refractivity contribution is 0.102. The van der Waals surface area contributed by atoms with Crippen LogP contribution in [0.1, 0.15) is 16.1 Å². The smallest absolute Gasteiger partial charge is 0.258 e. The third-order valence-corrected chi connectivity index (χ3v) is 2.47. The molecule has 1 N–H and O–H groups in total. The molecule has 2 aromatic rings. The van der Waals surface area contributed by atoms with Crippen LogP contribution in [0.4, 0.5) is 5.69 Å². The first-order chi connectivity index (χ1) is 8.16. The predicted molar refractivity (Wildman–Crippen MR) is 66.2 cm³/mol. The van der Waals surface area contributed by atoms with E-state index in [0.717, 1.165) is 5.69 Å². The summed E-state index contributed by atoms with van der Waals surface area (Å²) in [6.07, 6.45) is 4.66. The van der Waals surface area contributed by atoms with E-state index >= 15 is 0 Å². The molecule has 0 saturated heterocycles. The number of amides is 1. The van der Waals surface area contributed by atoms with Gasteiger partial charge in [-0.25, -0.2) is 0 Å². The molecule has 0 saturated carbocycles. The predicted octanol–water partition coefficient (Wildman–Crippen LogP) is 2.69. The Hall–Kier alpha value is -1.94. The molecule has 1 amide bonds. The Morgan fingerprint density at radius 3 is 2.88 bits per heavy atom. The molecule has 4 nitrogen and oxygen atoms in total. The average Bonchev–Trinajstić information content (AvgIpc) is 2.30. The first kappa shape index (κ1) is 11.5. The summed E-state index contributed by atoms with van der Waals surface area (Å²) in [5, 5.41) is 3.08. The molecule has 5 heteroatoms. The van der Waals surface area contributed by atoms with Gasteiger partial charge in [0, 0.05) is 18.1 Å². The first-order valence-corrected chi connectivity index (χ1v) is 5.38. The van der Waals surface area contributed by atoms with Crippen LogP contribution < -0.4 is 5.32 Å². The Labute approximate surface area is 104 Å². The Balaban J connectivity index is 2.21. The molecule has 17 heavy (non-hydrogen) atoms. The molecule has 0 aliphatic rings. The van der Waals surface area contributed by atoms with E-state index in [1.165, 1.54) is 6.20 Å². The summed E-state index contributed by atoms with van der Waals surface area (Å²) in [6, 6.07) is 5.14. The van der Waals surface area contributed by atoms with E-state index in [9.17, 15) is 4.79 Å². The lowest BCUT2D eigenvalue weighted by Crippen LogP contribution is -2.13. The number of carbonyl (C=O) groups excluding carboxylic acids is 1. The second-order valence-corrected chi connectivity index (χ2v) is 3.91. The Kier molecular flexibility index (Phi) is 3.35. The number of hydrogen-bond acceptors (Lipinski definition) is 3. The van der Waals surface area contributed by atoms with Crippen molar-refractivity contribution in [2.75, 3.05) is 5.32 Å². The Morgan fingerprint density at radius 1 is 1.41 bits per heavy atom. The third-order valence-electron chi connectivity index (χ3n) is 2.15. The number of rotatable bonds is 2. The summed E-state index contributed by atoms with van der Waals surface area (Å²) >= 11 is 5.97. The molecule has 2 aromatic heterocycles. The van der Waals surface area contributed by atoms with Gasteiger partial charge in [-0.2, -0.15) is 0 Å². The maximum absolute atomic E-state index is 11.9. The zero-order valence-corrected chi connectivity index (χ0v) is 9.90. The quantitative estimate of drug-likeness (QED) is 0.888. The van der Waals surface area contributed by atoms with E-state index in [4.69, 9.17) is 11.6 Å². The fourth-order valence-electron chi connectivity index (χ4n) is 1.33. The largest absolute Gasteiger partial charge is 0.320 e. The molecular weight excluding hydrogens is 238 g/mol. The molecular formula is C12H10ClN3O. The van der Waals surface area contributed by atoms with Crippen molar-refractivity contribution in [3.8, 4) is 0 Å². The highest BCUT2D eigenvalue weighted by Gasteiger charge is 2.11. The Morgan fingerprint density at radius 2 is 2.24 bits per heavy atom. The van der Waals surface area contributed by atoms with E-state index in [2.05, 4.69) is 15.3 Å². The van der Waals surface area contributed by atoms with E-state index in [1.807, 2.05) is 6.92 Å². The summed E-state index contributed by atoms with van der Waals surface area (Å²) < 4.78 is 0. The van der Waals surface area contributed by atoms with Crippen molar-refractivity contribution in [1.82, 2.24) is 9.97 Å². The minimum atomic E-state index is -0.296. The van der Waals surface area contributed by atoms with Crippen molar-refractivity contribution in [3.63, 3.8) is 0 Å². The number of anilines is 1. The topological polar surface area (TPSA) is 54.9 Å². The van der Waals surface area contributed by atoms with Gasteiger partial charge in [0.1, 0.15) is 0 Å². The molecule has 2 rings (SSSR count). The number of hydrogen-bond donors (Lipinski definition) is 1. The van der Waals surface area contributed by atoms with Crippen molar-refractivity contribution >= 4 is 23.2 Å². The summed E-state index contributed by atoms with van der Waals surface area (Å²) in [6.45, 7) is 1.81. The van der Waals surface area contributed by atoms with Gasteiger partial charge in [-0.15, -0.1) is 0 Å². The number of carbonyl (C=O) groups is 1. The van der Waals surface area contributed by atoms with E-state index < -0.39 is 0 Å². The van der Waals surface area contributed by atoms with Crippen LogP contribution in [-0.2, 0) is 0 Å². The second-order valence-electron chi connectivity index (χ2n) is 3.50. The van der Waals surface area contributed by atoms with Crippen molar-refractivity contribution < 1.29 is 4.79 Å². The van der Waals surface area contributed by atoms with Crippen LogP contribution in [0.15, 0.2) is 36.8 Å². The number of nitrogens with one attached hydrogen (secondary N) is 1. The van der Waals surface area contributed by atoms with Crippen molar-refractivity contribution in [2.45, 2.75) is 6.92 Å². The number of pyridine rings is 2. The molecule has 0 aliphatic carbocycles. The Bertz CT molecular complexity index is 543. The molecule has 0 atom stereocenters. The molecule has 2 heterocycles. The molecule has 0 unspecified atom stereocenters. The highest BCUT2D eigenvalue weighted by molar-refractivity contribution is 6.34. The molecule has 0 bridgehead atoms. The number of aromatic nitrogens is 2. The van der Waals surface area contributed by atoms with Crippen LogP contribution in [0.3, 0.4) is 0 Å². The molecule has 86 valence electrons. The van der Waals surface area contributed by atoms with Gasteiger partial charge >= 0.3 is 0 Å². The maximum atomic E-state index is 11.9. The van der Waals surface area contributed by atoms with Crippen LogP contribution in [-0.4, -0.2) is 15.9 Å². The van der Waals surface area contributed by atoms with Gasteiger partial charge in [0.2, 0.25) is 0 Å². The number of aryl methyl sites for hydroxylation is 1. The van der Waals surface area contributed by atoms with Crippen LogP contribution >= 0.6 is 11.6 Å². The highest BCUT2D eigenvalue weighted by atomic mass is 35.5. The van der Waals surface area contributed by atoms with Gasteiger partial charge in [0.15, 0.2) is 0 Å². The minimum Gasteiger partial charge on any atom is -0.320 e. The van der Waals surface area contributed by atoms with Crippen LogP contribution in [0.2, 0.25) is 5.02 Å². The van der Waals surface area contributed by atoms with Gasteiger partial charge in [-0.3, -0.25) is 14.8 Å². The summed E-state index contributed by atoms with van der Waals surface area (Å²) in [4.78, 5) is 19.8. The number of nitrogens with zero attached hydrogens (tertiary/aromatic N) is 2. The van der Waals surface area contributed by atoms with Crippen LogP contribution in [0.5, 0.6) is 0 Å².